The summed E-state index contributed by atoms with van der Waals surface area (Å²) >= 11 is 0. The number of hydrogen-bond acceptors (Lipinski definition) is 7. The lowest BCUT2D eigenvalue weighted by atomic mass is 9.92. The summed E-state index contributed by atoms with van der Waals surface area (Å²) in [5, 5.41) is 0. The summed E-state index contributed by atoms with van der Waals surface area (Å²) in [7, 11) is 2.46. The molecule has 0 amide bonds. The van der Waals surface area contributed by atoms with Crippen molar-refractivity contribution in [3.8, 4) is 0 Å². The van der Waals surface area contributed by atoms with Crippen LogP contribution < -0.4 is 0 Å². The monoisotopic (exact) mass is 371 g/mol. The van der Waals surface area contributed by atoms with Crippen molar-refractivity contribution in [2.24, 2.45) is 5.92 Å². The number of rotatable bonds is 4. The molecule has 0 unspecified atom stereocenters. The van der Waals surface area contributed by atoms with Crippen LogP contribution in [0.3, 0.4) is 0 Å². The molecule has 2 heterocycles. The number of allylic oxidation sites excluding steroid dienone is 1. The van der Waals surface area contributed by atoms with E-state index >= 15 is 0 Å². The number of carbonyl (C=O) groups excluding carboxylic acids is 3. The predicted molar refractivity (Wildman–Crippen MR) is 96.8 cm³/mol. The molecular weight excluding hydrogens is 350 g/mol. The number of benzene rings is 1. The maximum atomic E-state index is 12.8. The van der Waals surface area contributed by atoms with Crippen LogP contribution in [0.4, 0.5) is 0 Å². The largest absolute Gasteiger partial charge is 0.468 e. The second-order valence-corrected chi connectivity index (χ2v) is 6.19. The Kier molecular flexibility index (Phi) is 5.03. The topological polar surface area (TPSA) is 82.1 Å². The molecule has 3 rings (SSSR count). The first-order chi connectivity index (χ1) is 13.0. The summed E-state index contributed by atoms with van der Waals surface area (Å²) < 4.78 is 15.1. The molecule has 0 spiro atoms. The maximum Gasteiger partial charge on any atom is 0.336 e. The van der Waals surface area contributed by atoms with Crippen LogP contribution in [0.15, 0.2) is 35.5 Å². The molecule has 0 aromatic heterocycles. The molecule has 0 saturated carbocycles. The summed E-state index contributed by atoms with van der Waals surface area (Å²) in [4.78, 5) is 39.7. The van der Waals surface area contributed by atoms with Gasteiger partial charge in [-0.1, -0.05) is 24.3 Å². The lowest BCUT2D eigenvalue weighted by Crippen LogP contribution is -2.44. The fraction of sp³-hybridized carbons (Fsp3) is 0.350. The van der Waals surface area contributed by atoms with Gasteiger partial charge in [0.2, 0.25) is 0 Å². The molecule has 0 bridgehead atoms. The summed E-state index contributed by atoms with van der Waals surface area (Å²) in [6, 6.07) is 6.42. The van der Waals surface area contributed by atoms with E-state index < -0.39 is 29.9 Å². The van der Waals surface area contributed by atoms with Crippen molar-refractivity contribution in [1.29, 1.82) is 0 Å². The third kappa shape index (κ3) is 2.89. The molecule has 2 aliphatic rings. The molecule has 7 heteroatoms. The highest BCUT2D eigenvalue weighted by atomic mass is 16.5. The fourth-order valence-electron chi connectivity index (χ4n) is 3.70. The number of esters is 3. The highest BCUT2D eigenvalue weighted by Crippen LogP contribution is 2.47. The normalized spacial score (nSPS) is 20.4. The highest BCUT2D eigenvalue weighted by Gasteiger charge is 2.54. The fourth-order valence-corrected chi connectivity index (χ4v) is 3.70. The van der Waals surface area contributed by atoms with Gasteiger partial charge in [-0.2, -0.15) is 0 Å². The van der Waals surface area contributed by atoms with E-state index in [9.17, 15) is 14.4 Å². The van der Waals surface area contributed by atoms with Gasteiger partial charge in [0, 0.05) is 11.3 Å². The smallest absolute Gasteiger partial charge is 0.336 e. The zero-order valence-corrected chi connectivity index (χ0v) is 15.6. The van der Waals surface area contributed by atoms with Crippen molar-refractivity contribution in [2.45, 2.75) is 19.9 Å². The first-order valence-electron chi connectivity index (χ1n) is 8.60. The van der Waals surface area contributed by atoms with Gasteiger partial charge in [0.1, 0.15) is 12.0 Å². The standard InChI is InChI=1S/C20H21NO6/c1-5-27-20(24)17-15(19(23)26-4)14(18(22)25-3)16-13-9-7-6-8-12(13)10-11(2)21(16)17/h6-10,15,17H,5H2,1-4H3/t15-,17-/m0/s1. The molecule has 142 valence electrons. The minimum absolute atomic E-state index is 0.0994. The van der Waals surface area contributed by atoms with E-state index in [1.807, 2.05) is 37.3 Å². The van der Waals surface area contributed by atoms with E-state index in [-0.39, 0.29) is 12.2 Å². The first-order valence-corrected chi connectivity index (χ1v) is 8.60. The average molecular weight is 371 g/mol. The summed E-state index contributed by atoms with van der Waals surface area (Å²) in [5.74, 6) is -3.12. The molecule has 1 aromatic carbocycles. The number of hydrogen-bond donors (Lipinski definition) is 0. The van der Waals surface area contributed by atoms with E-state index in [2.05, 4.69) is 0 Å². The van der Waals surface area contributed by atoms with Crippen LogP contribution in [0.5, 0.6) is 0 Å². The Morgan fingerprint density at radius 2 is 1.78 bits per heavy atom. The summed E-state index contributed by atoms with van der Waals surface area (Å²) in [5.41, 5.74) is 2.92. The van der Waals surface area contributed by atoms with Gasteiger partial charge < -0.3 is 19.1 Å². The zero-order chi connectivity index (χ0) is 19.7. The van der Waals surface area contributed by atoms with Crippen LogP contribution in [0.25, 0.3) is 11.8 Å². The van der Waals surface area contributed by atoms with E-state index in [4.69, 9.17) is 14.2 Å². The molecule has 7 nitrogen and oxygen atoms in total. The second-order valence-electron chi connectivity index (χ2n) is 6.19. The third-order valence-electron chi connectivity index (χ3n) is 4.75. The minimum Gasteiger partial charge on any atom is -0.468 e. The Balaban J connectivity index is 2.31. The molecular formula is C20H21NO6. The van der Waals surface area contributed by atoms with Gasteiger partial charge in [0.05, 0.1) is 32.1 Å². The van der Waals surface area contributed by atoms with Crippen molar-refractivity contribution in [2.75, 3.05) is 20.8 Å². The van der Waals surface area contributed by atoms with Gasteiger partial charge >= 0.3 is 17.9 Å². The van der Waals surface area contributed by atoms with Crippen LogP contribution in [-0.4, -0.2) is 49.7 Å². The van der Waals surface area contributed by atoms with Crippen LogP contribution >= 0.6 is 0 Å². The van der Waals surface area contributed by atoms with Gasteiger partial charge in [-0.3, -0.25) is 4.79 Å². The SMILES string of the molecule is CCOC(=O)[C@@H]1[C@@H](C(=O)OC)C(C(=O)OC)=C2c3ccccc3C=C(C)N21. The van der Waals surface area contributed by atoms with Crippen molar-refractivity contribution < 1.29 is 28.6 Å². The highest BCUT2D eigenvalue weighted by molar-refractivity contribution is 6.09. The Bertz CT molecular complexity index is 869. The molecule has 2 atom stereocenters. The number of methoxy groups -OCH3 is 2. The van der Waals surface area contributed by atoms with Crippen LogP contribution in [0.2, 0.25) is 0 Å². The number of fused-ring (bicyclic) bond motifs is 3. The van der Waals surface area contributed by atoms with Crippen molar-refractivity contribution in [1.82, 2.24) is 4.90 Å². The van der Waals surface area contributed by atoms with Crippen molar-refractivity contribution in [3.63, 3.8) is 0 Å². The molecule has 0 radical (unpaired) electrons. The second kappa shape index (κ2) is 7.26. The van der Waals surface area contributed by atoms with E-state index in [0.29, 0.717) is 5.70 Å². The number of carbonyl (C=O) groups is 3. The van der Waals surface area contributed by atoms with Gasteiger partial charge in [-0.25, -0.2) is 9.59 Å². The quantitative estimate of drug-likeness (QED) is 0.591. The van der Waals surface area contributed by atoms with Crippen LogP contribution in [-0.2, 0) is 28.6 Å². The van der Waals surface area contributed by atoms with Gasteiger partial charge in [-0.15, -0.1) is 0 Å². The van der Waals surface area contributed by atoms with Crippen LogP contribution in [0, 0.1) is 5.92 Å². The lowest BCUT2D eigenvalue weighted by molar-refractivity contribution is -0.157. The Labute approximate surface area is 157 Å². The van der Waals surface area contributed by atoms with Crippen LogP contribution in [0.1, 0.15) is 25.0 Å². The molecule has 0 aliphatic carbocycles. The summed E-state index contributed by atoms with van der Waals surface area (Å²) in [6.45, 7) is 3.65. The molecule has 1 aromatic rings. The van der Waals surface area contributed by atoms with E-state index in [1.165, 1.54) is 14.2 Å². The van der Waals surface area contributed by atoms with E-state index in [1.54, 1.807) is 11.8 Å². The Morgan fingerprint density at radius 3 is 2.41 bits per heavy atom. The molecule has 0 fully saturated rings. The Hall–Kier alpha value is -3.09. The van der Waals surface area contributed by atoms with Gasteiger partial charge in [0.25, 0.3) is 0 Å². The molecule has 2 aliphatic heterocycles. The van der Waals surface area contributed by atoms with Gasteiger partial charge in [0.15, 0.2) is 0 Å². The third-order valence-corrected chi connectivity index (χ3v) is 4.75. The zero-order valence-electron chi connectivity index (χ0n) is 15.6. The van der Waals surface area contributed by atoms with Gasteiger partial charge in [-0.05, 0) is 25.5 Å². The van der Waals surface area contributed by atoms with Crippen molar-refractivity contribution in [3.05, 3.63) is 46.7 Å². The predicted octanol–water partition coefficient (Wildman–Crippen LogP) is 1.98. The maximum absolute atomic E-state index is 12.8. The lowest BCUT2D eigenvalue weighted by Gasteiger charge is -2.33. The van der Waals surface area contributed by atoms with E-state index in [0.717, 1.165) is 16.8 Å². The summed E-state index contributed by atoms with van der Waals surface area (Å²) in [6.07, 6.45) is 1.90. The first kappa shape index (κ1) is 18.7. The molecule has 27 heavy (non-hydrogen) atoms. The number of nitrogens with zero attached hydrogens (tertiary/aromatic N) is 1. The Morgan fingerprint density at radius 1 is 1.07 bits per heavy atom. The minimum atomic E-state index is -1.15. The number of ether oxygens (including phenoxy) is 3. The molecule has 0 saturated heterocycles. The van der Waals surface area contributed by atoms with Crippen molar-refractivity contribution >= 4 is 29.7 Å². The average Bonchev–Trinajstić information content (AvgIpc) is 3.04. The molecule has 0 N–H and O–H groups in total.